The molecule has 2 fully saturated rings. The van der Waals surface area contributed by atoms with Crippen LogP contribution >= 0.6 is 0 Å². The highest BCUT2D eigenvalue weighted by Crippen LogP contribution is 2.20. The van der Waals surface area contributed by atoms with Gasteiger partial charge in [-0.1, -0.05) is 29.8 Å². The van der Waals surface area contributed by atoms with E-state index in [1.807, 2.05) is 19.1 Å². The lowest BCUT2D eigenvalue weighted by molar-refractivity contribution is -0.129. The Hall–Kier alpha value is -1.92. The summed E-state index contributed by atoms with van der Waals surface area (Å²) in [6.07, 6.45) is 0.325. The molecule has 2 aliphatic rings. The van der Waals surface area contributed by atoms with Crippen LogP contribution in [0.15, 0.2) is 24.3 Å². The van der Waals surface area contributed by atoms with Gasteiger partial charge < -0.3 is 15.5 Å². The molecule has 2 N–H and O–H groups in total. The van der Waals surface area contributed by atoms with Crippen LogP contribution in [0, 0.1) is 12.8 Å². The molecule has 6 nitrogen and oxygen atoms in total. The molecule has 1 unspecified atom stereocenters. The van der Waals surface area contributed by atoms with E-state index in [0.717, 1.165) is 38.3 Å². The van der Waals surface area contributed by atoms with Gasteiger partial charge in [-0.25, -0.2) is 0 Å². The molecule has 2 heterocycles. The van der Waals surface area contributed by atoms with Crippen molar-refractivity contribution in [3.05, 3.63) is 35.4 Å². The van der Waals surface area contributed by atoms with Crippen molar-refractivity contribution >= 4 is 11.8 Å². The minimum atomic E-state index is -0.221. The maximum Gasteiger partial charge on any atom is 0.225 e. The fourth-order valence-corrected chi connectivity index (χ4v) is 3.43. The van der Waals surface area contributed by atoms with E-state index >= 15 is 0 Å². The Morgan fingerprint density at radius 1 is 1.24 bits per heavy atom. The molecule has 0 radical (unpaired) electrons. The third kappa shape index (κ3) is 5.03. The minimum absolute atomic E-state index is 0.00916. The topological polar surface area (TPSA) is 64.7 Å². The number of hydrogen-bond donors (Lipinski definition) is 2. The van der Waals surface area contributed by atoms with Crippen molar-refractivity contribution < 1.29 is 9.59 Å². The van der Waals surface area contributed by atoms with E-state index in [4.69, 9.17) is 0 Å². The first-order valence-electron chi connectivity index (χ1n) is 9.16. The van der Waals surface area contributed by atoms with Gasteiger partial charge in [0.05, 0.1) is 5.92 Å². The SMILES string of the molecule is Cc1ccc(CN2CC(C(=O)NCCN3CCNCC3)CC2=O)cc1. The lowest BCUT2D eigenvalue weighted by atomic mass is 10.1. The highest BCUT2D eigenvalue weighted by molar-refractivity contribution is 5.89. The van der Waals surface area contributed by atoms with Gasteiger partial charge in [-0.2, -0.15) is 0 Å². The van der Waals surface area contributed by atoms with Crippen LogP contribution in [0.25, 0.3) is 0 Å². The number of piperazine rings is 1. The van der Waals surface area contributed by atoms with Crippen molar-refractivity contribution in [3.8, 4) is 0 Å². The molecule has 0 saturated carbocycles. The summed E-state index contributed by atoms with van der Waals surface area (Å²) in [4.78, 5) is 28.7. The molecule has 0 bridgehead atoms. The zero-order valence-corrected chi connectivity index (χ0v) is 15.0. The van der Waals surface area contributed by atoms with E-state index < -0.39 is 0 Å². The first-order valence-corrected chi connectivity index (χ1v) is 9.16. The van der Waals surface area contributed by atoms with Gasteiger partial charge in [-0.3, -0.25) is 14.5 Å². The molecule has 0 spiro atoms. The van der Waals surface area contributed by atoms with Crippen LogP contribution in [-0.2, 0) is 16.1 Å². The molecule has 6 heteroatoms. The molecule has 2 saturated heterocycles. The standard InChI is InChI=1S/C19H28N4O2/c1-15-2-4-16(5-3-15)13-23-14-17(12-18(23)24)19(25)21-8-11-22-9-6-20-7-10-22/h2-5,17,20H,6-14H2,1H3,(H,21,25). The van der Waals surface area contributed by atoms with Crippen LogP contribution in [-0.4, -0.2) is 67.4 Å². The molecule has 2 amide bonds. The number of likely N-dealkylation sites (tertiary alicyclic amines) is 1. The number of rotatable bonds is 6. The molecule has 136 valence electrons. The van der Waals surface area contributed by atoms with Gasteiger partial charge in [0, 0.05) is 58.8 Å². The van der Waals surface area contributed by atoms with E-state index in [2.05, 4.69) is 27.7 Å². The van der Waals surface area contributed by atoms with E-state index in [1.165, 1.54) is 5.56 Å². The average molecular weight is 344 g/mol. The fourth-order valence-electron chi connectivity index (χ4n) is 3.43. The molecule has 25 heavy (non-hydrogen) atoms. The summed E-state index contributed by atoms with van der Waals surface area (Å²) in [5.41, 5.74) is 2.32. The second-order valence-corrected chi connectivity index (χ2v) is 7.04. The summed E-state index contributed by atoms with van der Waals surface area (Å²) < 4.78 is 0. The van der Waals surface area contributed by atoms with E-state index in [0.29, 0.717) is 26.1 Å². The van der Waals surface area contributed by atoms with Crippen LogP contribution in [0.4, 0.5) is 0 Å². The zero-order valence-electron chi connectivity index (χ0n) is 15.0. The van der Waals surface area contributed by atoms with E-state index in [1.54, 1.807) is 4.90 Å². The Labute approximate surface area is 149 Å². The van der Waals surface area contributed by atoms with E-state index in [9.17, 15) is 9.59 Å². The highest BCUT2D eigenvalue weighted by atomic mass is 16.2. The monoisotopic (exact) mass is 344 g/mol. The van der Waals surface area contributed by atoms with Crippen LogP contribution < -0.4 is 10.6 Å². The van der Waals surface area contributed by atoms with Crippen LogP contribution in [0.5, 0.6) is 0 Å². The second-order valence-electron chi connectivity index (χ2n) is 7.04. The number of nitrogens with zero attached hydrogens (tertiary/aromatic N) is 2. The van der Waals surface area contributed by atoms with Gasteiger partial charge in [-0.05, 0) is 12.5 Å². The number of carbonyl (C=O) groups excluding carboxylic acids is 2. The van der Waals surface area contributed by atoms with Crippen molar-refractivity contribution in [2.75, 3.05) is 45.8 Å². The van der Waals surface area contributed by atoms with Gasteiger partial charge in [0.2, 0.25) is 11.8 Å². The van der Waals surface area contributed by atoms with Gasteiger partial charge in [0.15, 0.2) is 0 Å². The van der Waals surface area contributed by atoms with E-state index in [-0.39, 0.29) is 17.7 Å². The first-order chi connectivity index (χ1) is 12.1. The molecular weight excluding hydrogens is 316 g/mol. The second kappa shape index (κ2) is 8.45. The molecule has 2 aliphatic heterocycles. The van der Waals surface area contributed by atoms with Crippen molar-refractivity contribution in [1.82, 2.24) is 20.4 Å². The number of hydrogen-bond acceptors (Lipinski definition) is 4. The van der Waals surface area contributed by atoms with Gasteiger partial charge in [-0.15, -0.1) is 0 Å². The number of aryl methyl sites for hydroxylation is 1. The number of benzene rings is 1. The van der Waals surface area contributed by atoms with Crippen molar-refractivity contribution in [1.29, 1.82) is 0 Å². The maximum atomic E-state index is 12.4. The largest absolute Gasteiger partial charge is 0.355 e. The van der Waals surface area contributed by atoms with Crippen LogP contribution in [0.2, 0.25) is 0 Å². The van der Waals surface area contributed by atoms with Gasteiger partial charge >= 0.3 is 0 Å². The number of nitrogens with one attached hydrogen (secondary N) is 2. The normalized spacial score (nSPS) is 21.6. The Morgan fingerprint density at radius 3 is 2.68 bits per heavy atom. The third-order valence-electron chi connectivity index (χ3n) is 5.02. The van der Waals surface area contributed by atoms with Gasteiger partial charge in [0.1, 0.15) is 0 Å². The van der Waals surface area contributed by atoms with Crippen LogP contribution in [0.1, 0.15) is 17.5 Å². The predicted octanol–water partition coefficient (Wildman–Crippen LogP) is 0.365. The Morgan fingerprint density at radius 2 is 1.96 bits per heavy atom. The molecule has 1 atom stereocenters. The molecule has 1 aromatic rings. The highest BCUT2D eigenvalue weighted by Gasteiger charge is 2.34. The summed E-state index contributed by atoms with van der Waals surface area (Å²) in [7, 11) is 0. The third-order valence-corrected chi connectivity index (χ3v) is 5.02. The molecular formula is C19H28N4O2. The fraction of sp³-hybridized carbons (Fsp3) is 0.579. The quantitative estimate of drug-likeness (QED) is 0.782. The average Bonchev–Trinajstić information content (AvgIpc) is 2.99. The Kier molecular flexibility index (Phi) is 6.04. The summed E-state index contributed by atoms with van der Waals surface area (Å²) in [6.45, 7) is 8.77. The molecule has 3 rings (SSSR count). The lowest BCUT2D eigenvalue weighted by Gasteiger charge is -2.27. The molecule has 0 aliphatic carbocycles. The Bertz CT molecular complexity index is 596. The zero-order chi connectivity index (χ0) is 17.6. The van der Waals surface area contributed by atoms with Crippen molar-refractivity contribution in [2.24, 2.45) is 5.92 Å². The number of carbonyl (C=O) groups is 2. The first kappa shape index (κ1) is 17.9. The van der Waals surface area contributed by atoms with Gasteiger partial charge in [0.25, 0.3) is 0 Å². The smallest absolute Gasteiger partial charge is 0.225 e. The summed E-state index contributed by atoms with van der Waals surface area (Å²) in [6, 6.07) is 8.19. The molecule has 1 aromatic carbocycles. The lowest BCUT2D eigenvalue weighted by Crippen LogP contribution is -2.46. The minimum Gasteiger partial charge on any atom is -0.355 e. The summed E-state index contributed by atoms with van der Waals surface area (Å²) in [5.74, 6) is -0.140. The summed E-state index contributed by atoms with van der Waals surface area (Å²) >= 11 is 0. The van der Waals surface area contributed by atoms with Crippen molar-refractivity contribution in [2.45, 2.75) is 19.9 Å². The number of amides is 2. The van der Waals surface area contributed by atoms with Crippen LogP contribution in [0.3, 0.4) is 0 Å². The summed E-state index contributed by atoms with van der Waals surface area (Å²) in [5, 5.41) is 6.32. The Balaban J connectivity index is 1.43. The maximum absolute atomic E-state index is 12.4. The molecule has 0 aromatic heterocycles. The predicted molar refractivity (Wildman–Crippen MR) is 97.0 cm³/mol. The van der Waals surface area contributed by atoms with Crippen molar-refractivity contribution in [3.63, 3.8) is 0 Å².